The van der Waals surface area contributed by atoms with E-state index >= 15 is 0 Å². The number of aliphatic carboxylic acids is 1. The average molecular weight is 169 g/mol. The van der Waals surface area contributed by atoms with Crippen molar-refractivity contribution < 1.29 is 15.0 Å². The third-order valence-corrected chi connectivity index (χ3v) is 3.38. The third-order valence-electron chi connectivity index (χ3n) is 3.38. The molecule has 0 aromatic carbocycles. The van der Waals surface area contributed by atoms with Gasteiger partial charge in [-0.25, -0.2) is 0 Å². The monoisotopic (exact) mass is 169 g/mol. The fourth-order valence-corrected chi connectivity index (χ4v) is 2.74. The Morgan fingerprint density at radius 2 is 2.08 bits per heavy atom. The Labute approximate surface area is 71.4 Å². The predicted molar refractivity (Wildman–Crippen MR) is 40.0 cm³/mol. The summed E-state index contributed by atoms with van der Waals surface area (Å²) >= 11 is 0. The molecule has 3 aliphatic carbocycles. The maximum absolute atomic E-state index is 10.7. The molecule has 0 aliphatic heterocycles. The van der Waals surface area contributed by atoms with Crippen LogP contribution in [0.3, 0.4) is 0 Å². The SMILES string of the molecule is O=C([O-])[C@H]1C[C@H]2CC[C@@H]1[C@@H](O)C2. The topological polar surface area (TPSA) is 60.4 Å². The van der Waals surface area contributed by atoms with E-state index in [0.29, 0.717) is 5.92 Å². The summed E-state index contributed by atoms with van der Waals surface area (Å²) in [7, 11) is 0. The van der Waals surface area contributed by atoms with Gasteiger partial charge in [-0.2, -0.15) is 0 Å². The Hall–Kier alpha value is -0.570. The number of hydrogen-bond acceptors (Lipinski definition) is 3. The van der Waals surface area contributed by atoms with Crippen molar-refractivity contribution >= 4 is 5.97 Å². The zero-order valence-electron chi connectivity index (χ0n) is 6.90. The van der Waals surface area contributed by atoms with Gasteiger partial charge in [0.05, 0.1) is 6.10 Å². The Morgan fingerprint density at radius 3 is 2.50 bits per heavy atom. The first kappa shape index (κ1) is 8.05. The normalized spacial score (nSPS) is 46.1. The van der Waals surface area contributed by atoms with Crippen LogP contribution in [0.4, 0.5) is 0 Å². The van der Waals surface area contributed by atoms with Gasteiger partial charge in [0.15, 0.2) is 0 Å². The molecule has 0 spiro atoms. The highest BCUT2D eigenvalue weighted by molar-refractivity contribution is 5.68. The summed E-state index contributed by atoms with van der Waals surface area (Å²) < 4.78 is 0. The van der Waals surface area contributed by atoms with Crippen LogP contribution in [-0.4, -0.2) is 17.2 Å². The minimum atomic E-state index is -0.969. The van der Waals surface area contributed by atoms with Crippen molar-refractivity contribution in [1.29, 1.82) is 0 Å². The number of hydrogen-bond donors (Lipinski definition) is 1. The minimum Gasteiger partial charge on any atom is -0.550 e. The summed E-state index contributed by atoms with van der Waals surface area (Å²) in [6.45, 7) is 0. The molecule has 4 atom stereocenters. The highest BCUT2D eigenvalue weighted by Crippen LogP contribution is 2.44. The van der Waals surface area contributed by atoms with Crippen molar-refractivity contribution in [1.82, 2.24) is 0 Å². The maximum atomic E-state index is 10.7. The summed E-state index contributed by atoms with van der Waals surface area (Å²) in [5, 5.41) is 20.2. The van der Waals surface area contributed by atoms with Gasteiger partial charge in [-0.15, -0.1) is 0 Å². The average Bonchev–Trinajstić information content (AvgIpc) is 2.04. The smallest absolute Gasteiger partial charge is 0.0577 e. The van der Waals surface area contributed by atoms with Gasteiger partial charge in [0.1, 0.15) is 0 Å². The van der Waals surface area contributed by atoms with Crippen LogP contribution in [0.2, 0.25) is 0 Å². The van der Waals surface area contributed by atoms with E-state index in [0.717, 1.165) is 25.7 Å². The van der Waals surface area contributed by atoms with Gasteiger partial charge >= 0.3 is 0 Å². The standard InChI is InChI=1S/C9H14O3/c10-8-4-5-1-2-6(8)7(3-5)9(11)12/h5-8,10H,1-4H2,(H,11,12)/p-1/t5-,6+,7+,8+/m1/s1. The molecule has 68 valence electrons. The van der Waals surface area contributed by atoms with Crippen molar-refractivity contribution in [2.45, 2.75) is 31.8 Å². The van der Waals surface area contributed by atoms with Crippen molar-refractivity contribution in [2.24, 2.45) is 17.8 Å². The molecule has 3 rings (SSSR count). The first-order valence-electron chi connectivity index (χ1n) is 4.57. The molecule has 3 nitrogen and oxygen atoms in total. The summed E-state index contributed by atoms with van der Waals surface area (Å²) in [5.41, 5.74) is 0. The first-order valence-corrected chi connectivity index (χ1v) is 4.57. The van der Waals surface area contributed by atoms with Gasteiger partial charge in [0.2, 0.25) is 0 Å². The number of aliphatic hydroxyl groups is 1. The van der Waals surface area contributed by atoms with E-state index in [9.17, 15) is 15.0 Å². The van der Waals surface area contributed by atoms with Crippen LogP contribution >= 0.6 is 0 Å². The summed E-state index contributed by atoms with van der Waals surface area (Å²) in [4.78, 5) is 10.7. The van der Waals surface area contributed by atoms with Crippen molar-refractivity contribution in [2.75, 3.05) is 0 Å². The quantitative estimate of drug-likeness (QED) is 0.577. The number of carbonyl (C=O) groups excluding carboxylic acids is 1. The van der Waals surface area contributed by atoms with Crippen molar-refractivity contribution in [3.05, 3.63) is 0 Å². The van der Waals surface area contributed by atoms with Gasteiger partial charge in [0.25, 0.3) is 0 Å². The van der Waals surface area contributed by atoms with Gasteiger partial charge in [-0.05, 0) is 37.5 Å². The molecule has 12 heavy (non-hydrogen) atoms. The number of aliphatic hydroxyl groups excluding tert-OH is 1. The molecule has 0 aromatic heterocycles. The second-order valence-electron chi connectivity index (χ2n) is 4.07. The van der Waals surface area contributed by atoms with Crippen LogP contribution in [0.1, 0.15) is 25.7 Å². The summed E-state index contributed by atoms with van der Waals surface area (Å²) in [5.74, 6) is -0.955. The van der Waals surface area contributed by atoms with Crippen LogP contribution in [0.25, 0.3) is 0 Å². The van der Waals surface area contributed by atoms with Gasteiger partial charge in [-0.3, -0.25) is 0 Å². The molecule has 3 aliphatic rings. The highest BCUT2D eigenvalue weighted by atomic mass is 16.4. The Kier molecular flexibility index (Phi) is 1.83. The van der Waals surface area contributed by atoms with Crippen LogP contribution in [0.5, 0.6) is 0 Å². The van der Waals surface area contributed by atoms with Crippen LogP contribution in [-0.2, 0) is 4.79 Å². The van der Waals surface area contributed by atoms with Crippen LogP contribution in [0.15, 0.2) is 0 Å². The maximum Gasteiger partial charge on any atom is 0.0577 e. The van der Waals surface area contributed by atoms with Crippen molar-refractivity contribution in [3.63, 3.8) is 0 Å². The number of carboxylic acid groups (broad SMARTS) is 1. The van der Waals surface area contributed by atoms with Gasteiger partial charge in [-0.1, -0.05) is 0 Å². The van der Waals surface area contributed by atoms with E-state index in [1.807, 2.05) is 0 Å². The second kappa shape index (κ2) is 2.73. The zero-order chi connectivity index (χ0) is 8.72. The number of rotatable bonds is 1. The molecule has 0 saturated heterocycles. The molecule has 3 heteroatoms. The lowest BCUT2D eigenvalue weighted by atomic mass is 9.63. The molecule has 0 radical (unpaired) electrons. The fraction of sp³-hybridized carbons (Fsp3) is 0.889. The van der Waals surface area contributed by atoms with Crippen LogP contribution in [0, 0.1) is 17.8 Å². The Bertz CT molecular complexity index is 202. The molecule has 1 N–H and O–H groups in total. The number of carboxylic acids is 1. The summed E-state index contributed by atoms with van der Waals surface area (Å²) in [6, 6.07) is 0. The van der Waals surface area contributed by atoms with Gasteiger partial charge in [0, 0.05) is 11.9 Å². The minimum absolute atomic E-state index is 0.0278. The van der Waals surface area contributed by atoms with E-state index in [-0.39, 0.29) is 17.9 Å². The zero-order valence-corrected chi connectivity index (χ0v) is 6.90. The molecular weight excluding hydrogens is 156 g/mol. The summed E-state index contributed by atoms with van der Waals surface area (Å²) in [6.07, 6.45) is 3.09. The van der Waals surface area contributed by atoms with E-state index < -0.39 is 5.97 Å². The molecule has 0 aromatic rings. The molecule has 2 bridgehead atoms. The molecule has 3 saturated carbocycles. The lowest BCUT2D eigenvalue weighted by Gasteiger charge is -2.45. The number of fused-ring (bicyclic) bond motifs is 3. The largest absolute Gasteiger partial charge is 0.550 e. The highest BCUT2D eigenvalue weighted by Gasteiger charge is 2.41. The Balaban J connectivity index is 2.14. The lowest BCUT2D eigenvalue weighted by molar-refractivity contribution is -0.317. The van der Waals surface area contributed by atoms with E-state index in [1.165, 1.54) is 0 Å². The van der Waals surface area contributed by atoms with Crippen LogP contribution < -0.4 is 5.11 Å². The predicted octanol–water partition coefficient (Wildman–Crippen LogP) is -0.467. The molecule has 0 unspecified atom stereocenters. The molecular formula is C9H13O3-. The molecule has 0 heterocycles. The van der Waals surface area contributed by atoms with E-state index in [4.69, 9.17) is 0 Å². The van der Waals surface area contributed by atoms with E-state index in [2.05, 4.69) is 0 Å². The number of carbonyl (C=O) groups is 1. The second-order valence-corrected chi connectivity index (χ2v) is 4.07. The third kappa shape index (κ3) is 1.12. The molecule has 3 fully saturated rings. The van der Waals surface area contributed by atoms with Gasteiger partial charge < -0.3 is 15.0 Å². The molecule has 0 amide bonds. The van der Waals surface area contributed by atoms with Crippen molar-refractivity contribution in [3.8, 4) is 0 Å². The fourth-order valence-electron chi connectivity index (χ4n) is 2.74. The first-order chi connectivity index (χ1) is 5.68. The Morgan fingerprint density at radius 1 is 1.33 bits per heavy atom. The van der Waals surface area contributed by atoms with E-state index in [1.54, 1.807) is 0 Å². The lowest BCUT2D eigenvalue weighted by Crippen LogP contribution is -2.48.